The number of halogens is 2. The van der Waals surface area contributed by atoms with Crippen LogP contribution in [-0.4, -0.2) is 32.1 Å². The van der Waals surface area contributed by atoms with Gasteiger partial charge in [0.1, 0.15) is 23.0 Å². The molecule has 1 atom stereocenters. The maximum atomic E-state index is 12.5. The molecule has 3 aromatic carbocycles. The van der Waals surface area contributed by atoms with Crippen molar-refractivity contribution in [1.82, 2.24) is 5.32 Å². The summed E-state index contributed by atoms with van der Waals surface area (Å²) in [6.45, 7) is 0.682. The molecule has 1 amide bonds. The van der Waals surface area contributed by atoms with Gasteiger partial charge in [-0.1, -0.05) is 29.3 Å². The van der Waals surface area contributed by atoms with E-state index in [0.29, 0.717) is 58.5 Å². The second-order valence-electron chi connectivity index (χ2n) is 7.92. The van der Waals surface area contributed by atoms with E-state index in [-0.39, 0.29) is 47.1 Å². The van der Waals surface area contributed by atoms with Gasteiger partial charge in [0.2, 0.25) is 0 Å². The first-order valence-electron chi connectivity index (χ1n) is 10.9. The molecule has 3 aromatic rings. The molecule has 0 saturated heterocycles. The summed E-state index contributed by atoms with van der Waals surface area (Å²) in [6.07, 6.45) is 0.899. The largest absolute Gasteiger partial charge is 1.00 e. The van der Waals surface area contributed by atoms with Crippen LogP contribution in [0.15, 0.2) is 54.6 Å². The number of nitrogens with one attached hydrogen (secondary N) is 1. The fraction of sp³-hybridized carbons (Fsp3) is 0.231. The zero-order valence-electron chi connectivity index (χ0n) is 19.8. The van der Waals surface area contributed by atoms with Crippen molar-refractivity contribution >= 4 is 35.1 Å². The number of carbonyl (C=O) groups is 2. The van der Waals surface area contributed by atoms with Gasteiger partial charge >= 0.3 is 29.6 Å². The molecule has 4 rings (SSSR count). The molecule has 1 aliphatic rings. The third kappa shape index (κ3) is 6.66. The van der Waals surface area contributed by atoms with Crippen LogP contribution in [0.2, 0.25) is 10.0 Å². The van der Waals surface area contributed by atoms with Crippen LogP contribution in [0.4, 0.5) is 0 Å². The molecule has 0 aliphatic carbocycles. The van der Waals surface area contributed by atoms with Crippen molar-refractivity contribution in [2.75, 3.05) is 20.3 Å². The molecule has 36 heavy (non-hydrogen) atoms. The summed E-state index contributed by atoms with van der Waals surface area (Å²) in [5, 5.41) is 15.1. The number of carboxylic acids is 1. The smallest absolute Gasteiger partial charge is 0.549 e. The third-order valence-electron chi connectivity index (χ3n) is 5.67. The number of carbonyl (C=O) groups excluding carboxylic acids is 2. The molecular formula is C26H22Cl2NNaO6. The van der Waals surface area contributed by atoms with Crippen molar-refractivity contribution in [3.05, 3.63) is 81.3 Å². The summed E-state index contributed by atoms with van der Waals surface area (Å²) in [5.74, 6) is -0.314. The zero-order chi connectivity index (χ0) is 24.9. The second-order valence-corrected chi connectivity index (χ2v) is 8.73. The van der Waals surface area contributed by atoms with E-state index in [1.165, 1.54) is 6.07 Å². The number of aliphatic carboxylic acids is 1. The minimum atomic E-state index is -1.17. The fourth-order valence-electron chi connectivity index (χ4n) is 3.78. The molecule has 0 saturated carbocycles. The van der Waals surface area contributed by atoms with Crippen LogP contribution in [0, 0.1) is 0 Å². The topological polar surface area (TPSA) is 96.9 Å². The van der Waals surface area contributed by atoms with Crippen LogP contribution in [-0.2, 0) is 11.2 Å². The second kappa shape index (κ2) is 12.7. The maximum absolute atomic E-state index is 12.5. The minimum absolute atomic E-state index is 0. The Morgan fingerprint density at radius 1 is 1.06 bits per heavy atom. The van der Waals surface area contributed by atoms with Crippen LogP contribution in [0.1, 0.15) is 33.8 Å². The first-order chi connectivity index (χ1) is 16.9. The summed E-state index contributed by atoms with van der Waals surface area (Å²) in [5.41, 5.74) is 1.85. The summed E-state index contributed by atoms with van der Waals surface area (Å²) < 4.78 is 16.6. The fourth-order valence-corrected chi connectivity index (χ4v) is 4.26. The van der Waals surface area contributed by atoms with Crippen molar-refractivity contribution in [1.29, 1.82) is 0 Å². The standard InChI is InChI=1S/C26H23Cl2NO6.Na/c1-33-18-7-2-15(21(27)12-18)8-10-29-25(30)16-3-5-17(6-4-16)35-24-14-23-20(13-22(24)28)19(26(31)32)9-11-34-23;/h2-7,12-14,19H,8-11H2,1H3,(H,29,30)(H,31,32);/q;+1/p-1. The van der Waals surface area contributed by atoms with E-state index in [4.69, 9.17) is 37.4 Å². The number of carboxylic acid groups (broad SMARTS) is 1. The van der Waals surface area contributed by atoms with Crippen LogP contribution in [0.25, 0.3) is 0 Å². The molecule has 182 valence electrons. The van der Waals surface area contributed by atoms with Gasteiger partial charge in [-0.15, -0.1) is 0 Å². The summed E-state index contributed by atoms with van der Waals surface area (Å²) in [7, 11) is 1.58. The van der Waals surface area contributed by atoms with E-state index < -0.39 is 11.9 Å². The van der Waals surface area contributed by atoms with Crippen molar-refractivity contribution in [2.24, 2.45) is 0 Å². The quantitative estimate of drug-likeness (QED) is 0.436. The Hall–Kier alpha value is -2.42. The zero-order valence-corrected chi connectivity index (χ0v) is 23.3. The van der Waals surface area contributed by atoms with Gasteiger partial charge < -0.3 is 29.4 Å². The van der Waals surface area contributed by atoms with Gasteiger partial charge in [0.15, 0.2) is 0 Å². The number of methoxy groups -OCH3 is 1. The SMILES string of the molecule is COc1ccc(CCNC(=O)c2ccc(Oc3cc4c(cc3Cl)C(C(=O)[O-])CCO4)cc2)c(Cl)c1.[Na+]. The molecule has 1 unspecified atom stereocenters. The van der Waals surface area contributed by atoms with Gasteiger partial charge in [-0.05, 0) is 60.9 Å². The first-order valence-corrected chi connectivity index (χ1v) is 11.7. The molecule has 1 N–H and O–H groups in total. The molecule has 1 heterocycles. The first kappa shape index (κ1) is 28.2. The van der Waals surface area contributed by atoms with Crippen molar-refractivity contribution in [2.45, 2.75) is 18.8 Å². The summed E-state index contributed by atoms with van der Waals surface area (Å²) >= 11 is 12.6. The summed E-state index contributed by atoms with van der Waals surface area (Å²) in [6, 6.07) is 15.1. The van der Waals surface area contributed by atoms with Gasteiger partial charge in [0.05, 0.1) is 18.7 Å². The van der Waals surface area contributed by atoms with E-state index in [9.17, 15) is 14.7 Å². The van der Waals surface area contributed by atoms with Crippen LogP contribution >= 0.6 is 23.2 Å². The third-order valence-corrected chi connectivity index (χ3v) is 6.32. The predicted octanol–water partition coefficient (Wildman–Crippen LogP) is 1.39. The predicted molar refractivity (Wildman–Crippen MR) is 130 cm³/mol. The van der Waals surface area contributed by atoms with Crippen LogP contribution in [0.5, 0.6) is 23.0 Å². The Morgan fingerprint density at radius 3 is 2.44 bits per heavy atom. The van der Waals surface area contributed by atoms with Crippen molar-refractivity contribution in [3.8, 4) is 23.0 Å². The van der Waals surface area contributed by atoms with E-state index in [1.807, 2.05) is 12.1 Å². The van der Waals surface area contributed by atoms with Gasteiger partial charge in [0.25, 0.3) is 5.91 Å². The average Bonchev–Trinajstić information content (AvgIpc) is 2.85. The monoisotopic (exact) mass is 537 g/mol. The Labute approximate surface area is 240 Å². The molecule has 7 nitrogen and oxygen atoms in total. The van der Waals surface area contributed by atoms with Crippen LogP contribution in [0.3, 0.4) is 0 Å². The minimum Gasteiger partial charge on any atom is -0.549 e. The summed E-state index contributed by atoms with van der Waals surface area (Å²) in [4.78, 5) is 23.9. The molecule has 0 aromatic heterocycles. The average molecular weight is 538 g/mol. The van der Waals surface area contributed by atoms with Crippen molar-refractivity contribution < 1.29 is 58.5 Å². The molecule has 0 fully saturated rings. The Balaban J connectivity index is 0.00000361. The van der Waals surface area contributed by atoms with Gasteiger partial charge in [0, 0.05) is 40.6 Å². The van der Waals surface area contributed by atoms with E-state index in [0.717, 1.165) is 5.56 Å². The normalized spacial score (nSPS) is 14.0. The Kier molecular flexibility index (Phi) is 9.93. The molecule has 10 heteroatoms. The van der Waals surface area contributed by atoms with E-state index >= 15 is 0 Å². The molecule has 0 spiro atoms. The number of hydrogen-bond donors (Lipinski definition) is 1. The Bertz CT molecular complexity index is 1250. The van der Waals surface area contributed by atoms with Gasteiger partial charge in [-0.3, -0.25) is 4.79 Å². The molecule has 0 bridgehead atoms. The number of hydrogen-bond acceptors (Lipinski definition) is 6. The molecule has 0 radical (unpaired) electrons. The van der Waals surface area contributed by atoms with Gasteiger partial charge in [-0.25, -0.2) is 0 Å². The molecular weight excluding hydrogens is 516 g/mol. The number of rotatable bonds is 8. The van der Waals surface area contributed by atoms with Crippen molar-refractivity contribution in [3.63, 3.8) is 0 Å². The van der Waals surface area contributed by atoms with E-state index in [2.05, 4.69) is 5.32 Å². The molecule has 1 aliphatic heterocycles. The number of benzene rings is 3. The number of amides is 1. The van der Waals surface area contributed by atoms with Gasteiger partial charge in [-0.2, -0.15) is 0 Å². The van der Waals surface area contributed by atoms with E-state index in [1.54, 1.807) is 43.5 Å². The Morgan fingerprint density at radius 2 is 1.78 bits per heavy atom. The maximum Gasteiger partial charge on any atom is 1.00 e. The van der Waals surface area contributed by atoms with Crippen LogP contribution < -0.4 is 54.2 Å². The number of ether oxygens (including phenoxy) is 3. The number of fused-ring (bicyclic) bond motifs is 1.